The van der Waals surface area contributed by atoms with E-state index in [1.807, 2.05) is 31.1 Å². The lowest BCUT2D eigenvalue weighted by Gasteiger charge is -2.13. The standard InChI is InChI=1S/C18H22N4O5S/c1-12-8-15(21-27-12)20-17(24)10-28-11-18(25)26-9-16(23)19-13-4-6-14(7-5-13)22(2)3/h4-8H,9-11H2,1-3H3,(H,19,23)(H,20,21,24). The highest BCUT2D eigenvalue weighted by Crippen LogP contribution is 2.15. The molecule has 10 heteroatoms. The van der Waals surface area contributed by atoms with Crippen molar-refractivity contribution in [3.8, 4) is 0 Å². The van der Waals surface area contributed by atoms with Gasteiger partial charge in [0, 0.05) is 31.5 Å². The third kappa shape index (κ3) is 7.31. The fourth-order valence-electron chi connectivity index (χ4n) is 2.06. The van der Waals surface area contributed by atoms with Crippen molar-refractivity contribution in [2.24, 2.45) is 0 Å². The average molecular weight is 406 g/mol. The van der Waals surface area contributed by atoms with Crippen molar-refractivity contribution >= 4 is 46.7 Å². The molecule has 0 bridgehead atoms. The molecule has 1 aromatic heterocycles. The number of aromatic nitrogens is 1. The lowest BCUT2D eigenvalue weighted by molar-refractivity contribution is -0.144. The molecule has 1 aromatic carbocycles. The summed E-state index contributed by atoms with van der Waals surface area (Å²) in [7, 11) is 3.84. The Morgan fingerprint density at radius 1 is 1.11 bits per heavy atom. The first-order valence-corrected chi connectivity index (χ1v) is 9.52. The van der Waals surface area contributed by atoms with E-state index in [1.165, 1.54) is 0 Å². The van der Waals surface area contributed by atoms with Crippen LogP contribution in [0.1, 0.15) is 5.76 Å². The highest BCUT2D eigenvalue weighted by atomic mass is 32.2. The molecule has 0 saturated heterocycles. The average Bonchev–Trinajstić information content (AvgIpc) is 3.05. The molecule has 0 saturated carbocycles. The number of carbonyl (C=O) groups excluding carboxylic acids is 3. The minimum atomic E-state index is -0.576. The number of ether oxygens (including phenoxy) is 1. The second-order valence-electron chi connectivity index (χ2n) is 6.01. The normalized spacial score (nSPS) is 10.2. The molecule has 0 atom stereocenters. The number of amides is 2. The van der Waals surface area contributed by atoms with Gasteiger partial charge in [-0.25, -0.2) is 0 Å². The minimum absolute atomic E-state index is 0.0456. The van der Waals surface area contributed by atoms with Crippen molar-refractivity contribution in [1.82, 2.24) is 5.16 Å². The maximum Gasteiger partial charge on any atom is 0.316 e. The Labute approximate surface area is 166 Å². The van der Waals surface area contributed by atoms with E-state index in [-0.39, 0.29) is 24.0 Å². The number of benzene rings is 1. The van der Waals surface area contributed by atoms with Gasteiger partial charge in [-0.2, -0.15) is 0 Å². The molecule has 0 fully saturated rings. The van der Waals surface area contributed by atoms with Crippen LogP contribution in [0.4, 0.5) is 17.2 Å². The van der Waals surface area contributed by atoms with Gasteiger partial charge in [0.25, 0.3) is 5.91 Å². The number of thioether (sulfide) groups is 1. The fraction of sp³-hybridized carbons (Fsp3) is 0.333. The van der Waals surface area contributed by atoms with Crippen molar-refractivity contribution < 1.29 is 23.6 Å². The zero-order valence-corrected chi connectivity index (χ0v) is 16.7. The van der Waals surface area contributed by atoms with Gasteiger partial charge in [0.15, 0.2) is 12.4 Å². The van der Waals surface area contributed by atoms with Gasteiger partial charge in [0.2, 0.25) is 5.91 Å². The fourth-order valence-corrected chi connectivity index (χ4v) is 2.67. The van der Waals surface area contributed by atoms with Gasteiger partial charge in [-0.3, -0.25) is 14.4 Å². The van der Waals surface area contributed by atoms with Crippen LogP contribution in [0.2, 0.25) is 0 Å². The predicted molar refractivity (Wildman–Crippen MR) is 108 cm³/mol. The van der Waals surface area contributed by atoms with Gasteiger partial charge in [-0.1, -0.05) is 5.16 Å². The molecule has 150 valence electrons. The molecule has 1 heterocycles. The number of esters is 1. The second kappa shape index (κ2) is 10.4. The summed E-state index contributed by atoms with van der Waals surface area (Å²) in [6.07, 6.45) is 0. The summed E-state index contributed by atoms with van der Waals surface area (Å²) in [5.74, 6) is -0.422. The van der Waals surface area contributed by atoms with Crippen LogP contribution in [0.15, 0.2) is 34.9 Å². The van der Waals surface area contributed by atoms with Gasteiger partial charge >= 0.3 is 5.97 Å². The number of carbonyl (C=O) groups is 3. The van der Waals surface area contributed by atoms with Crippen molar-refractivity contribution in [2.75, 3.05) is 47.7 Å². The lowest BCUT2D eigenvalue weighted by atomic mass is 10.2. The molecule has 2 N–H and O–H groups in total. The topological polar surface area (TPSA) is 114 Å². The number of nitrogens with zero attached hydrogens (tertiary/aromatic N) is 2. The minimum Gasteiger partial charge on any atom is -0.455 e. The summed E-state index contributed by atoms with van der Waals surface area (Å²) in [4.78, 5) is 37.2. The summed E-state index contributed by atoms with van der Waals surface area (Å²) in [5, 5.41) is 8.83. The van der Waals surface area contributed by atoms with E-state index in [9.17, 15) is 14.4 Å². The molecule has 2 rings (SSSR count). The maximum absolute atomic E-state index is 11.8. The number of nitrogens with one attached hydrogen (secondary N) is 2. The molecular weight excluding hydrogens is 384 g/mol. The van der Waals surface area contributed by atoms with Crippen LogP contribution < -0.4 is 15.5 Å². The Hall–Kier alpha value is -3.01. The zero-order valence-electron chi connectivity index (χ0n) is 15.9. The Kier molecular flexibility index (Phi) is 7.88. The first-order valence-electron chi connectivity index (χ1n) is 8.37. The Morgan fingerprint density at radius 3 is 2.43 bits per heavy atom. The molecule has 2 amide bonds. The Balaban J connectivity index is 1.62. The van der Waals surface area contributed by atoms with Crippen LogP contribution >= 0.6 is 11.8 Å². The quantitative estimate of drug-likeness (QED) is 0.607. The molecular formula is C18H22N4O5S. The third-order valence-electron chi connectivity index (χ3n) is 3.38. The van der Waals surface area contributed by atoms with Gasteiger partial charge in [0.05, 0.1) is 11.5 Å². The molecule has 0 unspecified atom stereocenters. The van der Waals surface area contributed by atoms with Crippen molar-refractivity contribution in [2.45, 2.75) is 6.92 Å². The molecule has 28 heavy (non-hydrogen) atoms. The van der Waals surface area contributed by atoms with Crippen LogP contribution in [0.5, 0.6) is 0 Å². The molecule has 2 aromatic rings. The summed E-state index contributed by atoms with van der Waals surface area (Å²) in [6, 6.07) is 8.84. The van der Waals surface area contributed by atoms with E-state index in [4.69, 9.17) is 9.26 Å². The summed E-state index contributed by atoms with van der Waals surface area (Å²) >= 11 is 1.07. The molecule has 0 spiro atoms. The number of aryl methyl sites for hydroxylation is 1. The molecule has 0 aliphatic heterocycles. The van der Waals surface area contributed by atoms with Crippen molar-refractivity contribution in [1.29, 1.82) is 0 Å². The maximum atomic E-state index is 11.8. The molecule has 9 nitrogen and oxygen atoms in total. The van der Waals surface area contributed by atoms with Gasteiger partial charge in [-0.15, -0.1) is 11.8 Å². The zero-order chi connectivity index (χ0) is 20.5. The van der Waals surface area contributed by atoms with Crippen LogP contribution in [0, 0.1) is 6.92 Å². The van der Waals surface area contributed by atoms with Crippen LogP contribution in [-0.4, -0.2) is 55.1 Å². The molecule has 0 radical (unpaired) electrons. The van der Waals surface area contributed by atoms with E-state index >= 15 is 0 Å². The first-order chi connectivity index (χ1) is 13.3. The highest BCUT2D eigenvalue weighted by Gasteiger charge is 2.11. The number of anilines is 3. The Bertz CT molecular complexity index is 820. The second-order valence-corrected chi connectivity index (χ2v) is 7.00. The van der Waals surface area contributed by atoms with Crippen LogP contribution in [-0.2, 0) is 19.1 Å². The number of hydrogen-bond donors (Lipinski definition) is 2. The van der Waals surface area contributed by atoms with Gasteiger partial charge < -0.3 is 24.8 Å². The van der Waals surface area contributed by atoms with Gasteiger partial charge in [-0.05, 0) is 31.2 Å². The van der Waals surface area contributed by atoms with Crippen molar-refractivity contribution in [3.63, 3.8) is 0 Å². The number of rotatable bonds is 9. The number of hydrogen-bond acceptors (Lipinski definition) is 8. The SMILES string of the molecule is Cc1cc(NC(=O)CSCC(=O)OCC(=O)Nc2ccc(N(C)C)cc2)no1. The van der Waals surface area contributed by atoms with E-state index in [1.54, 1.807) is 25.1 Å². The van der Waals surface area contributed by atoms with Gasteiger partial charge in [0.1, 0.15) is 5.76 Å². The van der Waals surface area contributed by atoms with E-state index in [0.29, 0.717) is 17.3 Å². The third-order valence-corrected chi connectivity index (χ3v) is 4.29. The van der Waals surface area contributed by atoms with Crippen molar-refractivity contribution in [3.05, 3.63) is 36.1 Å². The van der Waals surface area contributed by atoms with Crippen LogP contribution in [0.3, 0.4) is 0 Å². The van der Waals surface area contributed by atoms with E-state index < -0.39 is 11.9 Å². The first kappa shape index (κ1) is 21.3. The predicted octanol–water partition coefficient (Wildman–Crippen LogP) is 1.90. The molecule has 0 aliphatic rings. The highest BCUT2D eigenvalue weighted by molar-refractivity contribution is 8.00. The van der Waals surface area contributed by atoms with E-state index in [2.05, 4.69) is 15.8 Å². The smallest absolute Gasteiger partial charge is 0.316 e. The summed E-state index contributed by atoms with van der Waals surface area (Å²) in [6.45, 7) is 1.32. The monoisotopic (exact) mass is 406 g/mol. The largest absolute Gasteiger partial charge is 0.455 e. The summed E-state index contributed by atoms with van der Waals surface area (Å²) < 4.78 is 9.74. The van der Waals surface area contributed by atoms with E-state index in [0.717, 1.165) is 17.4 Å². The summed E-state index contributed by atoms with van der Waals surface area (Å²) in [5.41, 5.74) is 1.62. The van der Waals surface area contributed by atoms with Crippen LogP contribution in [0.25, 0.3) is 0 Å². The Morgan fingerprint density at radius 2 is 1.82 bits per heavy atom. The molecule has 0 aliphatic carbocycles. The lowest BCUT2D eigenvalue weighted by Crippen LogP contribution is -2.22.